The summed E-state index contributed by atoms with van der Waals surface area (Å²) < 4.78 is 0. The van der Waals surface area contributed by atoms with Crippen molar-refractivity contribution in [2.75, 3.05) is 0 Å². The molecule has 0 aromatic heterocycles. The Balaban J connectivity index is 1.26. The molecular formula is C21H28N2O2. The molecule has 8 aliphatic rings. The summed E-state index contributed by atoms with van der Waals surface area (Å²) in [5.74, 6) is 5.75. The van der Waals surface area contributed by atoms with Gasteiger partial charge in [0.05, 0.1) is 0 Å². The number of hydroxylamine groups is 4. The number of nitrogens with zero attached hydrogens (tertiary/aromatic N) is 2. The summed E-state index contributed by atoms with van der Waals surface area (Å²) in [4.78, 5) is 5.66. The summed E-state index contributed by atoms with van der Waals surface area (Å²) >= 11 is 0. The van der Waals surface area contributed by atoms with Crippen LogP contribution in [0.25, 0.3) is 0 Å². The van der Waals surface area contributed by atoms with Crippen molar-refractivity contribution in [1.82, 2.24) is 10.1 Å². The molecule has 2 spiro atoms. The molecule has 8 fully saturated rings. The van der Waals surface area contributed by atoms with Crippen LogP contribution in [0.1, 0.15) is 65.2 Å². The van der Waals surface area contributed by atoms with Gasteiger partial charge in [-0.15, -0.1) is 16.5 Å². The van der Waals surface area contributed by atoms with Gasteiger partial charge in [-0.1, -0.05) is 19.8 Å². The maximum absolute atomic E-state index is 11.1. The van der Waals surface area contributed by atoms with E-state index < -0.39 is 5.60 Å². The summed E-state index contributed by atoms with van der Waals surface area (Å²) in [5, 5.41) is 15.7. The molecule has 4 saturated carbocycles. The fraction of sp³-hybridized carbons (Fsp3) is 0.905. The van der Waals surface area contributed by atoms with Gasteiger partial charge in [0, 0.05) is 11.3 Å². The Morgan fingerprint density at radius 1 is 1.00 bits per heavy atom. The molecule has 4 aliphatic heterocycles. The molecule has 0 aromatic carbocycles. The zero-order valence-electron chi connectivity index (χ0n) is 15.3. The Morgan fingerprint density at radius 3 is 2.48 bits per heavy atom. The maximum atomic E-state index is 11.1. The first-order valence-corrected chi connectivity index (χ1v) is 10.4. The van der Waals surface area contributed by atoms with Gasteiger partial charge in [-0.25, -0.2) is 4.94 Å². The van der Waals surface area contributed by atoms with Crippen molar-refractivity contribution in [3.63, 3.8) is 0 Å². The van der Waals surface area contributed by atoms with Crippen molar-refractivity contribution in [3.8, 4) is 12.3 Å². The molecule has 2 bridgehead atoms. The van der Waals surface area contributed by atoms with Crippen molar-refractivity contribution in [1.29, 1.82) is 0 Å². The summed E-state index contributed by atoms with van der Waals surface area (Å²) in [6.07, 6.45) is 15.4. The van der Waals surface area contributed by atoms with Crippen molar-refractivity contribution in [2.45, 2.75) is 82.1 Å². The van der Waals surface area contributed by atoms with Crippen LogP contribution in [-0.2, 0) is 4.94 Å². The van der Waals surface area contributed by atoms with Crippen LogP contribution in [0.2, 0.25) is 0 Å². The molecule has 2 unspecified atom stereocenters. The predicted molar refractivity (Wildman–Crippen MR) is 91.1 cm³/mol. The predicted octanol–water partition coefficient (Wildman–Crippen LogP) is 2.89. The summed E-state index contributed by atoms with van der Waals surface area (Å²) in [6.45, 7) is 4.89. The van der Waals surface area contributed by atoms with Crippen LogP contribution in [0.3, 0.4) is 0 Å². The van der Waals surface area contributed by atoms with Gasteiger partial charge in [0.1, 0.15) is 5.60 Å². The van der Waals surface area contributed by atoms with E-state index in [2.05, 4.69) is 29.9 Å². The van der Waals surface area contributed by atoms with Gasteiger partial charge in [0.15, 0.2) is 11.3 Å². The second-order valence-corrected chi connectivity index (χ2v) is 10.7. The van der Waals surface area contributed by atoms with Gasteiger partial charge >= 0.3 is 0 Å². The molecule has 25 heavy (non-hydrogen) atoms. The van der Waals surface area contributed by atoms with Crippen molar-refractivity contribution >= 4 is 0 Å². The SMILES string of the molecule is C#C[C@]1(O)CC[C@H]2[C@@H]3CC[C@@H]4C56N7ON5C76CC[C@]4(C)[C@H]3CC[C@@]21C. The molecule has 0 radical (unpaired) electrons. The first-order chi connectivity index (χ1) is 11.9. The van der Waals surface area contributed by atoms with E-state index >= 15 is 0 Å². The highest BCUT2D eigenvalue weighted by molar-refractivity contribution is 5.47. The third-order valence-corrected chi connectivity index (χ3v) is 10.7. The number of hydrogen-bond donors (Lipinski definition) is 1. The normalized spacial score (nSPS) is 73.5. The summed E-state index contributed by atoms with van der Waals surface area (Å²) in [7, 11) is 0. The van der Waals surface area contributed by atoms with E-state index in [9.17, 15) is 5.11 Å². The van der Waals surface area contributed by atoms with Crippen LogP contribution in [0.5, 0.6) is 0 Å². The van der Waals surface area contributed by atoms with E-state index in [-0.39, 0.29) is 5.41 Å². The number of hydrogen-bond acceptors (Lipinski definition) is 4. The molecule has 134 valence electrons. The second kappa shape index (κ2) is 3.56. The van der Waals surface area contributed by atoms with Crippen molar-refractivity contribution in [3.05, 3.63) is 0 Å². The Kier molecular flexibility index (Phi) is 2.06. The lowest BCUT2D eigenvalue weighted by atomic mass is 9.44. The lowest BCUT2D eigenvalue weighted by molar-refractivity contribution is -0.485. The van der Waals surface area contributed by atoms with E-state index in [4.69, 9.17) is 11.4 Å². The van der Waals surface area contributed by atoms with Gasteiger partial charge < -0.3 is 5.11 Å². The van der Waals surface area contributed by atoms with Crippen LogP contribution in [-0.4, -0.2) is 32.2 Å². The van der Waals surface area contributed by atoms with E-state index in [1.54, 1.807) is 0 Å². The molecule has 4 heteroatoms. The van der Waals surface area contributed by atoms with Gasteiger partial charge in [-0.05, 0) is 74.5 Å². The summed E-state index contributed by atoms with van der Waals surface area (Å²) in [6, 6.07) is 0. The monoisotopic (exact) mass is 340 g/mol. The number of terminal acetylenes is 1. The molecule has 4 saturated heterocycles. The van der Waals surface area contributed by atoms with Crippen LogP contribution >= 0.6 is 0 Å². The third kappa shape index (κ3) is 1.06. The van der Waals surface area contributed by atoms with Crippen LogP contribution in [0.4, 0.5) is 0 Å². The number of fused-ring (bicyclic) bond motifs is 5. The molecule has 9 atom stereocenters. The third-order valence-electron chi connectivity index (χ3n) is 10.7. The lowest BCUT2D eigenvalue weighted by Gasteiger charge is -2.60. The lowest BCUT2D eigenvalue weighted by Crippen LogP contribution is -2.60. The molecule has 4 nitrogen and oxygen atoms in total. The minimum atomic E-state index is -0.874. The van der Waals surface area contributed by atoms with Gasteiger partial charge in [0.25, 0.3) is 0 Å². The molecule has 0 amide bonds. The zero-order chi connectivity index (χ0) is 17.0. The van der Waals surface area contributed by atoms with E-state index in [0.29, 0.717) is 22.7 Å². The van der Waals surface area contributed by atoms with Gasteiger partial charge in [-0.2, -0.15) is 0 Å². The average Bonchev–Trinajstić information content (AvgIpc) is 3.19. The van der Waals surface area contributed by atoms with E-state index in [1.807, 2.05) is 0 Å². The quantitative estimate of drug-likeness (QED) is 0.543. The highest BCUT2D eigenvalue weighted by atomic mass is 17.0. The fourth-order valence-electron chi connectivity index (χ4n) is 9.27. The Labute approximate surface area is 149 Å². The highest BCUT2D eigenvalue weighted by Crippen LogP contribution is 2.92. The van der Waals surface area contributed by atoms with Gasteiger partial charge in [0.2, 0.25) is 0 Å². The zero-order valence-corrected chi connectivity index (χ0v) is 15.3. The number of aliphatic hydroxyl groups is 1. The topological polar surface area (TPSA) is 35.5 Å². The molecule has 1 N–H and O–H groups in total. The van der Waals surface area contributed by atoms with Crippen LogP contribution < -0.4 is 0 Å². The Hall–Kier alpha value is -0.600. The van der Waals surface area contributed by atoms with Crippen LogP contribution in [0, 0.1) is 46.8 Å². The first-order valence-electron chi connectivity index (χ1n) is 10.4. The average molecular weight is 340 g/mol. The molecular weight excluding hydrogens is 312 g/mol. The minimum Gasteiger partial charge on any atom is -0.377 e. The van der Waals surface area contributed by atoms with E-state index in [0.717, 1.165) is 37.0 Å². The smallest absolute Gasteiger partial charge is 0.169 e. The highest BCUT2D eigenvalue weighted by Gasteiger charge is 3.12. The van der Waals surface area contributed by atoms with Crippen molar-refractivity contribution < 1.29 is 10.0 Å². The first kappa shape index (κ1) is 14.5. The molecule has 0 aromatic rings. The maximum Gasteiger partial charge on any atom is 0.169 e. The van der Waals surface area contributed by atoms with Crippen LogP contribution in [0.15, 0.2) is 0 Å². The Bertz CT molecular complexity index is 749. The molecule has 4 heterocycles. The fourth-order valence-corrected chi connectivity index (χ4v) is 9.27. The molecule has 8 rings (SSSR count). The number of rotatable bonds is 0. The van der Waals surface area contributed by atoms with E-state index in [1.165, 1.54) is 32.1 Å². The minimum absolute atomic E-state index is 0.0692. The Morgan fingerprint density at radius 2 is 1.76 bits per heavy atom. The summed E-state index contributed by atoms with van der Waals surface area (Å²) in [5.41, 5.74) is 0.171. The van der Waals surface area contributed by atoms with Crippen molar-refractivity contribution in [2.24, 2.45) is 34.5 Å². The molecule has 4 aliphatic carbocycles. The largest absolute Gasteiger partial charge is 0.377 e. The standard InChI is InChI=1S/C21H28N2O2/c1-4-19(24)10-8-15-13-5-6-16-17(2,14(13)7-9-18(15,19)3)11-12-20-21(16)22(20)25-23(20)21/h1,13-16,24H,5-12H2,2-3H3/t13-,14+,15+,16+,17-,18+,19+,20?,21?,22?,23?/m1/s1. The second-order valence-electron chi connectivity index (χ2n) is 10.7. The van der Waals surface area contributed by atoms with Gasteiger partial charge in [-0.3, -0.25) is 0 Å².